The average Bonchev–Trinajstić information content (AvgIpc) is 2.65. The monoisotopic (exact) mass is 392 g/mol. The minimum Gasteiger partial charge on any atom is -0.396 e. The molecular formula is C24H40O4. The van der Waals surface area contributed by atoms with E-state index in [4.69, 9.17) is 0 Å². The van der Waals surface area contributed by atoms with Crippen molar-refractivity contribution in [3.05, 3.63) is 12.2 Å². The van der Waals surface area contributed by atoms with E-state index < -0.39 is 6.10 Å². The van der Waals surface area contributed by atoms with E-state index in [1.807, 2.05) is 0 Å². The summed E-state index contributed by atoms with van der Waals surface area (Å²) >= 11 is 0. The van der Waals surface area contributed by atoms with Crippen LogP contribution in [0.5, 0.6) is 0 Å². The minimum atomic E-state index is -0.686. The summed E-state index contributed by atoms with van der Waals surface area (Å²) in [6.07, 6.45) is 10.8. The highest BCUT2D eigenvalue weighted by atomic mass is 16.3. The fraction of sp³-hybridized carbons (Fsp3) is 0.917. The summed E-state index contributed by atoms with van der Waals surface area (Å²) < 4.78 is 0. The molecule has 0 saturated heterocycles. The Bertz CT molecular complexity index is 620. The van der Waals surface area contributed by atoms with E-state index in [1.54, 1.807) is 0 Å². The number of aliphatic hydroxyl groups excluding tert-OH is 4. The van der Waals surface area contributed by atoms with Crippen LogP contribution >= 0.6 is 0 Å². The van der Waals surface area contributed by atoms with Crippen LogP contribution in [0.4, 0.5) is 0 Å². The lowest BCUT2D eigenvalue weighted by atomic mass is 9.41. The molecule has 0 aliphatic heterocycles. The maximum absolute atomic E-state index is 10.7. The lowest BCUT2D eigenvalue weighted by molar-refractivity contribution is -0.173. The first-order valence-corrected chi connectivity index (χ1v) is 11.4. The van der Waals surface area contributed by atoms with Gasteiger partial charge in [0.1, 0.15) is 0 Å². The molecule has 4 rings (SSSR count). The number of allylic oxidation sites excluding steroid dienone is 1. The molecule has 4 N–H and O–H groups in total. The van der Waals surface area contributed by atoms with Crippen molar-refractivity contribution in [3.63, 3.8) is 0 Å². The number of hydrogen-bond donors (Lipinski definition) is 4. The zero-order valence-electron chi connectivity index (χ0n) is 17.8. The molecule has 0 aromatic rings. The number of fused-ring (bicyclic) bond motifs is 5. The van der Waals surface area contributed by atoms with Crippen LogP contribution in [0.3, 0.4) is 0 Å². The Morgan fingerprint density at radius 2 is 1.75 bits per heavy atom. The van der Waals surface area contributed by atoms with E-state index in [-0.39, 0.29) is 35.6 Å². The van der Waals surface area contributed by atoms with Crippen molar-refractivity contribution in [1.82, 2.24) is 0 Å². The number of rotatable bonds is 3. The Hall–Kier alpha value is -0.420. The van der Waals surface area contributed by atoms with Crippen LogP contribution in [-0.4, -0.2) is 45.8 Å². The van der Waals surface area contributed by atoms with E-state index in [1.165, 1.54) is 12.8 Å². The maximum Gasteiger partial charge on any atom is 0.0858 e. The summed E-state index contributed by atoms with van der Waals surface area (Å²) in [7, 11) is 0. The molecule has 0 radical (unpaired) electrons. The van der Waals surface area contributed by atoms with Gasteiger partial charge in [-0.15, -0.1) is 0 Å². The van der Waals surface area contributed by atoms with E-state index in [0.29, 0.717) is 29.6 Å². The molecule has 4 nitrogen and oxygen atoms in total. The third kappa shape index (κ3) is 3.02. The van der Waals surface area contributed by atoms with E-state index in [9.17, 15) is 20.4 Å². The Morgan fingerprint density at radius 1 is 1.00 bits per heavy atom. The highest BCUT2D eigenvalue weighted by molar-refractivity contribution is 5.16. The zero-order valence-corrected chi connectivity index (χ0v) is 17.8. The largest absolute Gasteiger partial charge is 0.396 e. The predicted molar refractivity (Wildman–Crippen MR) is 109 cm³/mol. The van der Waals surface area contributed by atoms with Crippen molar-refractivity contribution in [1.29, 1.82) is 0 Å². The minimum absolute atomic E-state index is 0.0994. The van der Waals surface area contributed by atoms with Gasteiger partial charge in [-0.2, -0.15) is 0 Å². The van der Waals surface area contributed by atoms with Crippen LogP contribution in [0.2, 0.25) is 0 Å². The summed E-state index contributed by atoms with van der Waals surface area (Å²) in [5, 5.41) is 40.6. The van der Waals surface area contributed by atoms with Gasteiger partial charge < -0.3 is 20.4 Å². The molecule has 28 heavy (non-hydrogen) atoms. The standard InChI is InChI=1S/C24H40O4/c1-22(21(28)13-25)9-8-17-15(10-22)4-6-19-18(17)5-7-20-23(2,14-26)11-16(27)12-24(19,20)3/h8-9,15-21,25-28H,4-7,10-14H2,1-3H3/t15-,16-,17+,18-,19-,20-,21+,22+,23-,24+/m0/s1. The normalized spacial score (nSPS) is 54.4. The van der Waals surface area contributed by atoms with Crippen molar-refractivity contribution >= 4 is 0 Å². The van der Waals surface area contributed by atoms with Crippen LogP contribution < -0.4 is 0 Å². The van der Waals surface area contributed by atoms with Crippen molar-refractivity contribution in [3.8, 4) is 0 Å². The Kier molecular flexibility index (Phi) is 5.27. The van der Waals surface area contributed by atoms with Gasteiger partial charge in [0.25, 0.3) is 0 Å². The molecule has 3 saturated carbocycles. The first kappa shape index (κ1) is 20.8. The SMILES string of the molecule is C[C@@]1(CO)C[C@H](O)C[C@]2(C)[C@H]3CC[C@H]4C[C@](C)([C@H](O)CO)C=C[C@H]4[C@@H]3CC[C@@H]12. The second-order valence-corrected chi connectivity index (χ2v) is 11.5. The molecule has 0 aromatic carbocycles. The second-order valence-electron chi connectivity index (χ2n) is 11.5. The molecule has 4 heteroatoms. The Balaban J connectivity index is 1.62. The summed E-state index contributed by atoms with van der Waals surface area (Å²) in [5.74, 6) is 2.86. The van der Waals surface area contributed by atoms with Crippen LogP contribution in [0, 0.1) is 45.8 Å². The molecule has 0 aromatic heterocycles. The summed E-state index contributed by atoms with van der Waals surface area (Å²) in [4.78, 5) is 0. The van der Waals surface area contributed by atoms with Crippen molar-refractivity contribution in [2.24, 2.45) is 45.8 Å². The average molecular weight is 393 g/mol. The quantitative estimate of drug-likeness (QED) is 0.556. The molecule has 3 fully saturated rings. The maximum atomic E-state index is 10.7. The van der Waals surface area contributed by atoms with Crippen molar-refractivity contribution < 1.29 is 20.4 Å². The topological polar surface area (TPSA) is 80.9 Å². The lowest BCUT2D eigenvalue weighted by Gasteiger charge is -2.64. The van der Waals surface area contributed by atoms with Gasteiger partial charge >= 0.3 is 0 Å². The van der Waals surface area contributed by atoms with Crippen LogP contribution in [-0.2, 0) is 0 Å². The molecule has 0 unspecified atom stereocenters. The van der Waals surface area contributed by atoms with Gasteiger partial charge in [0, 0.05) is 12.0 Å². The van der Waals surface area contributed by atoms with E-state index in [0.717, 1.165) is 32.1 Å². The number of hydrogen-bond acceptors (Lipinski definition) is 4. The van der Waals surface area contributed by atoms with Gasteiger partial charge in [-0.1, -0.05) is 32.9 Å². The second kappa shape index (κ2) is 7.08. The van der Waals surface area contributed by atoms with Crippen molar-refractivity contribution in [2.45, 2.75) is 77.9 Å². The van der Waals surface area contributed by atoms with Gasteiger partial charge in [0.15, 0.2) is 0 Å². The van der Waals surface area contributed by atoms with E-state index in [2.05, 4.69) is 32.9 Å². The van der Waals surface area contributed by atoms with Gasteiger partial charge in [-0.25, -0.2) is 0 Å². The molecule has 0 heterocycles. The Morgan fingerprint density at radius 3 is 2.43 bits per heavy atom. The summed E-state index contributed by atoms with van der Waals surface area (Å²) in [6.45, 7) is 6.66. The van der Waals surface area contributed by atoms with Gasteiger partial charge in [0.2, 0.25) is 0 Å². The van der Waals surface area contributed by atoms with Gasteiger partial charge in [-0.05, 0) is 85.4 Å². The lowest BCUT2D eigenvalue weighted by Crippen LogP contribution is -2.59. The van der Waals surface area contributed by atoms with Crippen LogP contribution in [0.25, 0.3) is 0 Å². The third-order valence-electron chi connectivity index (χ3n) is 9.75. The fourth-order valence-electron chi connectivity index (χ4n) is 8.41. The summed E-state index contributed by atoms with van der Waals surface area (Å²) in [6, 6.07) is 0. The first-order valence-electron chi connectivity index (χ1n) is 11.4. The molecule has 0 bridgehead atoms. The molecule has 10 atom stereocenters. The summed E-state index contributed by atoms with van der Waals surface area (Å²) in [5.41, 5.74) is -0.386. The first-order chi connectivity index (χ1) is 13.2. The third-order valence-corrected chi connectivity index (χ3v) is 9.75. The zero-order chi connectivity index (χ0) is 20.3. The molecule has 0 amide bonds. The van der Waals surface area contributed by atoms with Gasteiger partial charge in [-0.3, -0.25) is 0 Å². The van der Waals surface area contributed by atoms with Crippen LogP contribution in [0.15, 0.2) is 12.2 Å². The molecular weight excluding hydrogens is 352 g/mol. The smallest absolute Gasteiger partial charge is 0.0858 e. The molecule has 0 spiro atoms. The highest BCUT2D eigenvalue weighted by Crippen LogP contribution is 2.66. The predicted octanol–water partition coefficient (Wildman–Crippen LogP) is 3.13. The molecule has 4 aliphatic carbocycles. The van der Waals surface area contributed by atoms with Gasteiger partial charge in [0.05, 0.1) is 18.8 Å². The number of aliphatic hydroxyl groups is 4. The molecule has 4 aliphatic rings. The van der Waals surface area contributed by atoms with Crippen LogP contribution in [0.1, 0.15) is 65.7 Å². The Labute approximate surface area is 170 Å². The fourth-order valence-corrected chi connectivity index (χ4v) is 8.41. The highest BCUT2D eigenvalue weighted by Gasteiger charge is 2.60. The van der Waals surface area contributed by atoms with E-state index >= 15 is 0 Å². The molecule has 160 valence electrons. The van der Waals surface area contributed by atoms with Crippen molar-refractivity contribution in [2.75, 3.05) is 13.2 Å².